The summed E-state index contributed by atoms with van der Waals surface area (Å²) in [6.45, 7) is 0.869. The fraction of sp³-hybridized carbons (Fsp3) is 0.455. The molecule has 3 N–H and O–H groups in total. The van der Waals surface area contributed by atoms with E-state index in [-0.39, 0.29) is 6.07 Å². The molecule has 0 heterocycles. The number of hydrogen-bond donors (Lipinski definition) is 2. The zero-order chi connectivity index (χ0) is 15.1. The maximum Gasteiger partial charge on any atom is 0.422 e. The number of rotatable bonds is 2. The van der Waals surface area contributed by atoms with Gasteiger partial charge in [-0.1, -0.05) is 12.1 Å². The second kappa shape index (κ2) is 4.68. The summed E-state index contributed by atoms with van der Waals surface area (Å²) < 4.78 is 76.0. The molecular weight excluding hydrogens is 276 g/mol. The molecule has 1 aromatic rings. The van der Waals surface area contributed by atoms with Crippen molar-refractivity contribution < 1.29 is 31.4 Å². The van der Waals surface area contributed by atoms with Crippen molar-refractivity contribution in [3.8, 4) is 0 Å². The minimum absolute atomic E-state index is 0.247. The Labute approximate surface area is 104 Å². The lowest BCUT2D eigenvalue weighted by molar-refractivity contribution is -0.273. The first kappa shape index (κ1) is 15.8. The fourth-order valence-electron chi connectivity index (χ4n) is 1.62. The SMILES string of the molecule is CC(N)C(O)(c1cccc(C(F)(F)F)c1)C(F)(F)F. The highest BCUT2D eigenvalue weighted by Gasteiger charge is 2.57. The van der Waals surface area contributed by atoms with Crippen LogP contribution < -0.4 is 5.73 Å². The quantitative estimate of drug-likeness (QED) is 0.822. The van der Waals surface area contributed by atoms with Gasteiger partial charge in [-0.2, -0.15) is 26.3 Å². The summed E-state index contributed by atoms with van der Waals surface area (Å²) in [6, 6.07) is 0.581. The van der Waals surface area contributed by atoms with Gasteiger partial charge >= 0.3 is 12.4 Å². The fourth-order valence-corrected chi connectivity index (χ4v) is 1.62. The Morgan fingerprint density at radius 3 is 1.89 bits per heavy atom. The molecule has 0 fully saturated rings. The minimum atomic E-state index is -5.19. The number of nitrogens with two attached hydrogens (primary N) is 1. The standard InChI is InChI=1S/C11H11F6NO/c1-6(18)9(19,11(15,16)17)7-3-2-4-8(5-7)10(12,13)14/h2-6,19H,18H2,1H3. The van der Waals surface area contributed by atoms with Crippen LogP contribution in [0.4, 0.5) is 26.3 Å². The van der Waals surface area contributed by atoms with Crippen molar-refractivity contribution in [2.75, 3.05) is 0 Å². The Morgan fingerprint density at radius 1 is 1.05 bits per heavy atom. The Balaban J connectivity index is 3.42. The van der Waals surface area contributed by atoms with Gasteiger partial charge in [0.25, 0.3) is 0 Å². The zero-order valence-corrected chi connectivity index (χ0v) is 9.68. The summed E-state index contributed by atoms with van der Waals surface area (Å²) in [5, 5.41) is 9.67. The van der Waals surface area contributed by atoms with Crippen LogP contribution in [0.3, 0.4) is 0 Å². The van der Waals surface area contributed by atoms with Gasteiger partial charge in [-0.05, 0) is 24.6 Å². The van der Waals surface area contributed by atoms with Crippen molar-refractivity contribution in [2.45, 2.75) is 30.9 Å². The van der Waals surface area contributed by atoms with E-state index in [4.69, 9.17) is 5.73 Å². The van der Waals surface area contributed by atoms with Gasteiger partial charge in [-0.3, -0.25) is 0 Å². The number of aliphatic hydroxyl groups is 1. The molecular formula is C11H11F6NO. The first-order valence-electron chi connectivity index (χ1n) is 5.13. The Morgan fingerprint density at radius 2 is 1.53 bits per heavy atom. The van der Waals surface area contributed by atoms with E-state index in [0.717, 1.165) is 19.1 Å². The van der Waals surface area contributed by atoms with Crippen LogP contribution in [0.5, 0.6) is 0 Å². The number of halogens is 6. The molecule has 0 aliphatic carbocycles. The summed E-state index contributed by atoms with van der Waals surface area (Å²) in [5.41, 5.74) is -0.660. The monoisotopic (exact) mass is 287 g/mol. The van der Waals surface area contributed by atoms with E-state index in [1.165, 1.54) is 0 Å². The Bertz CT molecular complexity index is 453. The van der Waals surface area contributed by atoms with Crippen LogP contribution >= 0.6 is 0 Å². The van der Waals surface area contributed by atoms with Crippen LogP contribution in [0.25, 0.3) is 0 Å². The van der Waals surface area contributed by atoms with Crippen molar-refractivity contribution in [3.05, 3.63) is 35.4 Å². The van der Waals surface area contributed by atoms with E-state index in [1.807, 2.05) is 0 Å². The number of benzene rings is 1. The average molecular weight is 287 g/mol. The Kier molecular flexibility index (Phi) is 3.88. The predicted molar refractivity (Wildman–Crippen MR) is 55.0 cm³/mol. The van der Waals surface area contributed by atoms with E-state index < -0.39 is 35.1 Å². The average Bonchev–Trinajstić information content (AvgIpc) is 2.25. The summed E-state index contributed by atoms with van der Waals surface area (Å²) >= 11 is 0. The van der Waals surface area contributed by atoms with Crippen LogP contribution in [-0.2, 0) is 11.8 Å². The van der Waals surface area contributed by atoms with E-state index in [1.54, 1.807) is 0 Å². The topological polar surface area (TPSA) is 46.2 Å². The molecule has 0 saturated carbocycles. The third-order valence-corrected chi connectivity index (χ3v) is 2.72. The summed E-state index contributed by atoms with van der Waals surface area (Å²) in [7, 11) is 0. The van der Waals surface area contributed by atoms with Gasteiger partial charge in [-0.25, -0.2) is 0 Å². The molecule has 0 spiro atoms. The molecule has 1 aromatic carbocycles. The minimum Gasteiger partial charge on any atom is -0.375 e. The molecule has 8 heteroatoms. The van der Waals surface area contributed by atoms with Crippen LogP contribution in [0.1, 0.15) is 18.1 Å². The van der Waals surface area contributed by atoms with Crippen LogP contribution in [-0.4, -0.2) is 17.3 Å². The summed E-state index contributed by atoms with van der Waals surface area (Å²) in [4.78, 5) is 0. The third kappa shape index (κ3) is 2.84. The largest absolute Gasteiger partial charge is 0.422 e. The highest BCUT2D eigenvalue weighted by molar-refractivity contribution is 5.32. The summed E-state index contributed by atoms with van der Waals surface area (Å²) in [5.74, 6) is 0. The van der Waals surface area contributed by atoms with Crippen LogP contribution in [0.15, 0.2) is 24.3 Å². The lowest BCUT2D eigenvalue weighted by Crippen LogP contribution is -2.54. The molecule has 0 amide bonds. The lowest BCUT2D eigenvalue weighted by atomic mass is 9.86. The smallest absolute Gasteiger partial charge is 0.375 e. The molecule has 2 atom stereocenters. The van der Waals surface area contributed by atoms with Gasteiger partial charge in [0.2, 0.25) is 5.60 Å². The number of hydrogen-bond acceptors (Lipinski definition) is 2. The maximum absolute atomic E-state index is 12.9. The van der Waals surface area contributed by atoms with Gasteiger partial charge in [0.05, 0.1) is 5.56 Å². The molecule has 0 aromatic heterocycles. The van der Waals surface area contributed by atoms with Crippen molar-refractivity contribution in [3.63, 3.8) is 0 Å². The first-order chi connectivity index (χ1) is 8.40. The molecule has 0 bridgehead atoms. The molecule has 1 rings (SSSR count). The highest BCUT2D eigenvalue weighted by Crippen LogP contribution is 2.42. The van der Waals surface area contributed by atoms with Gasteiger partial charge in [0, 0.05) is 6.04 Å². The maximum atomic E-state index is 12.9. The second-order valence-corrected chi connectivity index (χ2v) is 4.13. The van der Waals surface area contributed by atoms with E-state index in [2.05, 4.69) is 0 Å². The molecule has 108 valence electrons. The van der Waals surface area contributed by atoms with Gasteiger partial charge in [0.1, 0.15) is 0 Å². The normalized spacial score (nSPS) is 17.9. The van der Waals surface area contributed by atoms with Gasteiger partial charge in [-0.15, -0.1) is 0 Å². The number of alkyl halides is 6. The van der Waals surface area contributed by atoms with Crippen LogP contribution in [0, 0.1) is 0 Å². The van der Waals surface area contributed by atoms with Crippen molar-refractivity contribution in [1.82, 2.24) is 0 Å². The van der Waals surface area contributed by atoms with Crippen molar-refractivity contribution >= 4 is 0 Å². The molecule has 0 saturated heterocycles. The zero-order valence-electron chi connectivity index (χ0n) is 9.68. The molecule has 0 radical (unpaired) electrons. The van der Waals surface area contributed by atoms with E-state index in [0.29, 0.717) is 6.07 Å². The molecule has 2 nitrogen and oxygen atoms in total. The third-order valence-electron chi connectivity index (χ3n) is 2.72. The first-order valence-corrected chi connectivity index (χ1v) is 5.13. The van der Waals surface area contributed by atoms with Gasteiger partial charge < -0.3 is 10.8 Å². The molecule has 2 unspecified atom stereocenters. The molecule has 0 aliphatic heterocycles. The van der Waals surface area contributed by atoms with Gasteiger partial charge in [0.15, 0.2) is 0 Å². The second-order valence-electron chi connectivity index (χ2n) is 4.13. The van der Waals surface area contributed by atoms with Crippen molar-refractivity contribution in [2.24, 2.45) is 5.73 Å². The van der Waals surface area contributed by atoms with E-state index in [9.17, 15) is 31.4 Å². The summed E-state index contributed by atoms with van der Waals surface area (Å²) in [6.07, 6.45) is -9.99. The van der Waals surface area contributed by atoms with E-state index >= 15 is 0 Å². The van der Waals surface area contributed by atoms with Crippen LogP contribution in [0.2, 0.25) is 0 Å². The predicted octanol–water partition coefficient (Wildman–Crippen LogP) is 2.80. The van der Waals surface area contributed by atoms with Crippen molar-refractivity contribution in [1.29, 1.82) is 0 Å². The Hall–Kier alpha value is -1.28. The highest BCUT2D eigenvalue weighted by atomic mass is 19.4. The molecule has 19 heavy (non-hydrogen) atoms. The lowest BCUT2D eigenvalue weighted by Gasteiger charge is -2.34. The molecule has 0 aliphatic rings.